The molecule has 0 radical (unpaired) electrons. The summed E-state index contributed by atoms with van der Waals surface area (Å²) in [7, 11) is 1.31. The fraction of sp³-hybridized carbons (Fsp3) is 0.231. The van der Waals surface area contributed by atoms with Crippen molar-refractivity contribution < 1.29 is 14.3 Å². The number of aromatic nitrogens is 2. The van der Waals surface area contributed by atoms with E-state index in [1.807, 2.05) is 6.92 Å². The van der Waals surface area contributed by atoms with Crippen LogP contribution in [0.1, 0.15) is 21.6 Å². The Labute approximate surface area is 110 Å². The Morgan fingerprint density at radius 3 is 2.63 bits per heavy atom. The summed E-state index contributed by atoms with van der Waals surface area (Å²) in [6.45, 7) is 3.67. The predicted octanol–water partition coefficient (Wildman–Crippen LogP) is 2.19. The average molecular weight is 261 g/mol. The molecule has 3 N–H and O–H groups in total. The highest BCUT2D eigenvalue weighted by atomic mass is 16.5. The summed E-state index contributed by atoms with van der Waals surface area (Å²) in [6.07, 6.45) is 0. The van der Waals surface area contributed by atoms with Crippen LogP contribution in [-0.4, -0.2) is 23.3 Å². The number of benzene rings is 1. The quantitative estimate of drug-likeness (QED) is 0.653. The first-order chi connectivity index (χ1) is 9.01. The van der Waals surface area contributed by atoms with Gasteiger partial charge in [0.1, 0.15) is 5.75 Å². The molecule has 0 aliphatic rings. The third kappa shape index (κ3) is 2.67. The highest BCUT2D eigenvalue weighted by Crippen LogP contribution is 2.28. The van der Waals surface area contributed by atoms with E-state index >= 15 is 0 Å². The van der Waals surface area contributed by atoms with Crippen LogP contribution in [0.2, 0.25) is 0 Å². The number of nitrogens with one attached hydrogen (secondary N) is 1. The van der Waals surface area contributed by atoms with Crippen molar-refractivity contribution >= 4 is 11.7 Å². The number of nitrogens with zero attached hydrogens (tertiary/aromatic N) is 1. The molecule has 6 nitrogen and oxygen atoms in total. The molecule has 0 bridgehead atoms. The van der Waals surface area contributed by atoms with Gasteiger partial charge in [-0.2, -0.15) is 0 Å². The number of anilines is 1. The van der Waals surface area contributed by atoms with Crippen molar-refractivity contribution in [1.29, 1.82) is 0 Å². The van der Waals surface area contributed by atoms with E-state index < -0.39 is 5.97 Å². The fourth-order valence-corrected chi connectivity index (χ4v) is 1.67. The zero-order valence-corrected chi connectivity index (χ0v) is 11.0. The molecule has 0 saturated heterocycles. The van der Waals surface area contributed by atoms with E-state index in [0.29, 0.717) is 17.3 Å². The first-order valence-electron chi connectivity index (χ1n) is 5.69. The van der Waals surface area contributed by atoms with Gasteiger partial charge >= 0.3 is 5.97 Å². The Balaban J connectivity index is 2.36. The number of esters is 1. The standard InChI is InChI=1S/C13H15N3O3/c1-7-4-9(19-11-5-8(2)15-16-11)6-10(12(7)14)13(17)18-3/h4-6H,14H2,1-3H3,(H,15,16). The molecule has 0 aliphatic carbocycles. The third-order valence-corrected chi connectivity index (χ3v) is 2.67. The van der Waals surface area contributed by atoms with E-state index in [1.54, 1.807) is 19.1 Å². The molecule has 0 fully saturated rings. The minimum atomic E-state index is -0.496. The molecule has 1 aromatic carbocycles. The predicted molar refractivity (Wildman–Crippen MR) is 70.3 cm³/mol. The van der Waals surface area contributed by atoms with Crippen LogP contribution in [0.3, 0.4) is 0 Å². The number of carbonyl (C=O) groups excluding carboxylic acids is 1. The second-order valence-corrected chi connectivity index (χ2v) is 4.18. The zero-order chi connectivity index (χ0) is 14.0. The molecule has 0 unspecified atom stereocenters. The smallest absolute Gasteiger partial charge is 0.340 e. The number of aromatic amines is 1. The summed E-state index contributed by atoms with van der Waals surface area (Å²) in [5, 5.41) is 6.74. The SMILES string of the molecule is COC(=O)c1cc(Oc2cc(C)[nH]n2)cc(C)c1N. The summed E-state index contributed by atoms with van der Waals surface area (Å²) in [5.41, 5.74) is 8.14. The average Bonchev–Trinajstić information content (AvgIpc) is 2.78. The van der Waals surface area contributed by atoms with Gasteiger partial charge < -0.3 is 15.2 Å². The molecule has 0 atom stereocenters. The highest BCUT2D eigenvalue weighted by molar-refractivity contribution is 5.96. The van der Waals surface area contributed by atoms with E-state index in [1.165, 1.54) is 13.2 Å². The molecule has 0 aliphatic heterocycles. The van der Waals surface area contributed by atoms with Crippen molar-refractivity contribution in [1.82, 2.24) is 10.2 Å². The highest BCUT2D eigenvalue weighted by Gasteiger charge is 2.14. The number of hydrogen-bond acceptors (Lipinski definition) is 5. The van der Waals surface area contributed by atoms with Gasteiger partial charge in [0.25, 0.3) is 0 Å². The van der Waals surface area contributed by atoms with Crippen molar-refractivity contribution in [3.8, 4) is 11.6 Å². The van der Waals surface area contributed by atoms with E-state index in [9.17, 15) is 4.79 Å². The third-order valence-electron chi connectivity index (χ3n) is 2.67. The maximum Gasteiger partial charge on any atom is 0.340 e. The van der Waals surface area contributed by atoms with E-state index in [-0.39, 0.29) is 5.56 Å². The molecule has 0 amide bonds. The number of rotatable bonds is 3. The molecule has 1 heterocycles. The molecule has 1 aromatic heterocycles. The Hall–Kier alpha value is -2.50. The van der Waals surface area contributed by atoms with Gasteiger partial charge in [0.05, 0.1) is 12.7 Å². The van der Waals surface area contributed by atoms with Gasteiger partial charge in [-0.05, 0) is 31.5 Å². The van der Waals surface area contributed by atoms with Crippen LogP contribution >= 0.6 is 0 Å². The van der Waals surface area contributed by atoms with Gasteiger partial charge in [0, 0.05) is 17.4 Å². The Kier molecular flexibility index (Phi) is 3.41. The second kappa shape index (κ2) is 5.01. The number of hydrogen-bond donors (Lipinski definition) is 2. The fourth-order valence-electron chi connectivity index (χ4n) is 1.67. The van der Waals surface area contributed by atoms with Crippen molar-refractivity contribution in [2.45, 2.75) is 13.8 Å². The van der Waals surface area contributed by atoms with Crippen LogP contribution in [0.25, 0.3) is 0 Å². The van der Waals surface area contributed by atoms with Gasteiger partial charge in [0.15, 0.2) is 0 Å². The molecule has 100 valence electrons. The molecule has 2 aromatic rings. The molecular formula is C13H15N3O3. The van der Waals surface area contributed by atoms with Gasteiger partial charge in [-0.25, -0.2) is 4.79 Å². The number of aryl methyl sites for hydroxylation is 2. The van der Waals surface area contributed by atoms with Crippen LogP contribution in [0.5, 0.6) is 11.6 Å². The summed E-state index contributed by atoms with van der Waals surface area (Å²) in [6, 6.07) is 5.04. The lowest BCUT2D eigenvalue weighted by Crippen LogP contribution is -2.07. The van der Waals surface area contributed by atoms with Crippen molar-refractivity contribution in [2.24, 2.45) is 0 Å². The molecular weight excluding hydrogens is 246 g/mol. The Bertz CT molecular complexity index is 620. The summed E-state index contributed by atoms with van der Waals surface area (Å²) in [5.74, 6) is 0.417. The van der Waals surface area contributed by atoms with Gasteiger partial charge in [-0.1, -0.05) is 0 Å². The van der Waals surface area contributed by atoms with Gasteiger partial charge in [0.2, 0.25) is 5.88 Å². The van der Waals surface area contributed by atoms with Crippen LogP contribution in [-0.2, 0) is 4.74 Å². The Morgan fingerprint density at radius 1 is 1.32 bits per heavy atom. The van der Waals surface area contributed by atoms with E-state index in [2.05, 4.69) is 14.9 Å². The summed E-state index contributed by atoms with van der Waals surface area (Å²) < 4.78 is 10.2. The van der Waals surface area contributed by atoms with Crippen molar-refractivity contribution in [2.75, 3.05) is 12.8 Å². The van der Waals surface area contributed by atoms with Crippen LogP contribution in [0.15, 0.2) is 18.2 Å². The normalized spacial score (nSPS) is 10.3. The lowest BCUT2D eigenvalue weighted by molar-refractivity contribution is 0.0601. The minimum Gasteiger partial charge on any atom is -0.465 e. The lowest BCUT2D eigenvalue weighted by Gasteiger charge is -2.10. The number of H-pyrrole nitrogens is 1. The lowest BCUT2D eigenvalue weighted by atomic mass is 10.1. The van der Waals surface area contributed by atoms with E-state index in [0.717, 1.165) is 11.3 Å². The van der Waals surface area contributed by atoms with E-state index in [4.69, 9.17) is 10.5 Å². The number of carbonyl (C=O) groups is 1. The monoisotopic (exact) mass is 261 g/mol. The molecule has 0 saturated carbocycles. The number of methoxy groups -OCH3 is 1. The maximum atomic E-state index is 11.6. The summed E-state index contributed by atoms with van der Waals surface area (Å²) in [4.78, 5) is 11.6. The number of ether oxygens (including phenoxy) is 2. The maximum absolute atomic E-state index is 11.6. The van der Waals surface area contributed by atoms with Crippen molar-refractivity contribution in [3.05, 3.63) is 35.0 Å². The Morgan fingerprint density at radius 2 is 2.05 bits per heavy atom. The minimum absolute atomic E-state index is 0.282. The van der Waals surface area contributed by atoms with Crippen molar-refractivity contribution in [3.63, 3.8) is 0 Å². The van der Waals surface area contributed by atoms with Crippen LogP contribution in [0, 0.1) is 13.8 Å². The van der Waals surface area contributed by atoms with Gasteiger partial charge in [-0.15, -0.1) is 5.10 Å². The first kappa shape index (κ1) is 12.9. The molecule has 0 spiro atoms. The topological polar surface area (TPSA) is 90.2 Å². The van der Waals surface area contributed by atoms with Crippen LogP contribution < -0.4 is 10.5 Å². The first-order valence-corrected chi connectivity index (χ1v) is 5.69. The number of nitrogen functional groups attached to an aromatic ring is 1. The second-order valence-electron chi connectivity index (χ2n) is 4.18. The summed E-state index contributed by atoms with van der Waals surface area (Å²) >= 11 is 0. The molecule has 2 rings (SSSR count). The van der Waals surface area contributed by atoms with Crippen LogP contribution in [0.4, 0.5) is 5.69 Å². The number of nitrogens with two attached hydrogens (primary N) is 1. The molecule has 6 heteroatoms. The largest absolute Gasteiger partial charge is 0.465 e. The zero-order valence-electron chi connectivity index (χ0n) is 11.0. The molecule has 19 heavy (non-hydrogen) atoms. The van der Waals surface area contributed by atoms with Gasteiger partial charge in [-0.3, -0.25) is 5.10 Å².